The second-order valence-electron chi connectivity index (χ2n) is 7.40. The summed E-state index contributed by atoms with van der Waals surface area (Å²) in [7, 11) is 0. The summed E-state index contributed by atoms with van der Waals surface area (Å²) in [6, 6.07) is 10.8. The number of nitrogens with zero attached hydrogens (tertiary/aromatic N) is 2. The molecule has 2 N–H and O–H groups in total. The maximum Gasteiger partial charge on any atom is 0.244 e. The first-order chi connectivity index (χ1) is 11.2. The maximum atomic E-state index is 12.8. The molecule has 1 aromatic carbocycles. The van der Waals surface area contributed by atoms with Gasteiger partial charge in [-0.05, 0) is 50.1 Å². The molecule has 1 saturated carbocycles. The largest absolute Gasteiger partial charge is 0.341 e. The van der Waals surface area contributed by atoms with E-state index in [1.807, 2.05) is 35.2 Å². The van der Waals surface area contributed by atoms with Crippen LogP contribution in [0.4, 0.5) is 0 Å². The molecule has 0 spiro atoms. The summed E-state index contributed by atoms with van der Waals surface area (Å²) < 4.78 is 0. The molecule has 1 aliphatic carbocycles. The summed E-state index contributed by atoms with van der Waals surface area (Å²) in [5, 5.41) is 0. The van der Waals surface area contributed by atoms with Gasteiger partial charge in [-0.3, -0.25) is 9.69 Å². The zero-order valence-corrected chi connectivity index (χ0v) is 13.7. The topological polar surface area (TPSA) is 49.6 Å². The fourth-order valence-corrected chi connectivity index (χ4v) is 4.50. The molecule has 124 valence electrons. The van der Waals surface area contributed by atoms with Crippen LogP contribution in [0.1, 0.15) is 43.7 Å². The summed E-state index contributed by atoms with van der Waals surface area (Å²) in [6.07, 6.45) is 6.42. The minimum atomic E-state index is -0.518. The first-order valence-electron chi connectivity index (χ1n) is 9.09. The molecule has 0 aromatic heterocycles. The lowest BCUT2D eigenvalue weighted by Gasteiger charge is -2.48. The van der Waals surface area contributed by atoms with Crippen LogP contribution in [0.25, 0.3) is 0 Å². The van der Waals surface area contributed by atoms with Crippen molar-refractivity contribution in [3.05, 3.63) is 35.9 Å². The minimum Gasteiger partial charge on any atom is -0.341 e. The number of carbonyl (C=O) groups excluding carboxylic acids is 1. The van der Waals surface area contributed by atoms with Crippen LogP contribution in [0.5, 0.6) is 0 Å². The highest BCUT2D eigenvalue weighted by Crippen LogP contribution is 2.38. The van der Waals surface area contributed by atoms with Crippen molar-refractivity contribution in [2.45, 2.75) is 50.2 Å². The van der Waals surface area contributed by atoms with Crippen molar-refractivity contribution in [3.8, 4) is 0 Å². The van der Waals surface area contributed by atoms with E-state index in [1.165, 1.54) is 32.2 Å². The van der Waals surface area contributed by atoms with Crippen LogP contribution in [0.15, 0.2) is 30.3 Å². The molecule has 3 aliphatic rings. The van der Waals surface area contributed by atoms with Gasteiger partial charge in [-0.1, -0.05) is 30.3 Å². The summed E-state index contributed by atoms with van der Waals surface area (Å²) in [4.78, 5) is 17.6. The van der Waals surface area contributed by atoms with Gasteiger partial charge in [-0.15, -0.1) is 0 Å². The van der Waals surface area contributed by atoms with E-state index < -0.39 is 6.04 Å². The second-order valence-corrected chi connectivity index (χ2v) is 7.40. The Bertz CT molecular complexity index is 557. The standard InChI is InChI=1S/C19H27N3O/c20-18(14-5-2-1-3-6-14)19(23)21-12-10-17-15(13-21)7-4-11-22(17)16-8-9-16/h1-3,5-6,15-18H,4,7-13,20H2/t15-,17-,18+/m1/s1. The van der Waals surface area contributed by atoms with E-state index in [9.17, 15) is 4.79 Å². The lowest BCUT2D eigenvalue weighted by molar-refractivity contribution is -0.136. The molecular weight excluding hydrogens is 286 g/mol. The highest BCUT2D eigenvalue weighted by atomic mass is 16.2. The molecule has 1 aromatic rings. The summed E-state index contributed by atoms with van der Waals surface area (Å²) in [5.74, 6) is 0.739. The van der Waals surface area contributed by atoms with Crippen LogP contribution >= 0.6 is 0 Å². The smallest absolute Gasteiger partial charge is 0.244 e. The van der Waals surface area contributed by atoms with E-state index in [-0.39, 0.29) is 5.91 Å². The molecule has 2 aliphatic heterocycles. The number of likely N-dealkylation sites (tertiary alicyclic amines) is 2. The Balaban J connectivity index is 1.42. The number of amides is 1. The van der Waals surface area contributed by atoms with Crippen molar-refractivity contribution in [2.75, 3.05) is 19.6 Å². The van der Waals surface area contributed by atoms with Crippen LogP contribution in [0.3, 0.4) is 0 Å². The van der Waals surface area contributed by atoms with Gasteiger partial charge in [0, 0.05) is 25.2 Å². The van der Waals surface area contributed by atoms with E-state index in [0.29, 0.717) is 12.0 Å². The minimum absolute atomic E-state index is 0.0956. The molecule has 4 heteroatoms. The van der Waals surface area contributed by atoms with Gasteiger partial charge in [0.2, 0.25) is 5.91 Å². The molecule has 0 bridgehead atoms. The summed E-state index contributed by atoms with van der Waals surface area (Å²) >= 11 is 0. The number of nitrogens with two attached hydrogens (primary N) is 1. The number of rotatable bonds is 3. The van der Waals surface area contributed by atoms with Crippen LogP contribution in [-0.4, -0.2) is 47.4 Å². The first-order valence-corrected chi connectivity index (χ1v) is 9.09. The monoisotopic (exact) mass is 313 g/mol. The molecular formula is C19H27N3O. The Kier molecular flexibility index (Phi) is 4.12. The van der Waals surface area contributed by atoms with Crippen molar-refractivity contribution >= 4 is 5.91 Å². The molecule has 2 heterocycles. The quantitative estimate of drug-likeness (QED) is 0.930. The van der Waals surface area contributed by atoms with Gasteiger partial charge < -0.3 is 10.6 Å². The Labute approximate surface area is 138 Å². The molecule has 23 heavy (non-hydrogen) atoms. The van der Waals surface area contributed by atoms with Crippen LogP contribution in [0, 0.1) is 5.92 Å². The lowest BCUT2D eigenvalue weighted by atomic mass is 9.83. The summed E-state index contributed by atoms with van der Waals surface area (Å²) in [5.41, 5.74) is 7.14. The van der Waals surface area contributed by atoms with Crippen molar-refractivity contribution in [1.82, 2.24) is 9.80 Å². The fourth-order valence-electron chi connectivity index (χ4n) is 4.50. The van der Waals surface area contributed by atoms with Gasteiger partial charge in [-0.2, -0.15) is 0 Å². The molecule has 4 nitrogen and oxygen atoms in total. The third-order valence-electron chi connectivity index (χ3n) is 5.86. The lowest BCUT2D eigenvalue weighted by Crippen LogP contribution is -2.56. The van der Waals surface area contributed by atoms with Crippen molar-refractivity contribution in [1.29, 1.82) is 0 Å². The third kappa shape index (κ3) is 3.02. The predicted octanol–water partition coefficient (Wildman–Crippen LogP) is 2.16. The fraction of sp³-hybridized carbons (Fsp3) is 0.632. The van der Waals surface area contributed by atoms with Gasteiger partial charge in [-0.25, -0.2) is 0 Å². The first kappa shape index (κ1) is 15.2. The van der Waals surface area contributed by atoms with Crippen LogP contribution in [0.2, 0.25) is 0 Å². The number of hydrogen-bond acceptors (Lipinski definition) is 3. The van der Waals surface area contributed by atoms with E-state index in [2.05, 4.69) is 4.90 Å². The van der Waals surface area contributed by atoms with Gasteiger partial charge in [0.15, 0.2) is 0 Å². The van der Waals surface area contributed by atoms with E-state index in [4.69, 9.17) is 5.73 Å². The Morgan fingerprint density at radius 1 is 1.09 bits per heavy atom. The highest BCUT2D eigenvalue weighted by Gasteiger charge is 2.43. The number of hydrogen-bond donors (Lipinski definition) is 1. The summed E-state index contributed by atoms with van der Waals surface area (Å²) in [6.45, 7) is 3.03. The molecule has 3 fully saturated rings. The van der Waals surface area contributed by atoms with E-state index in [0.717, 1.165) is 31.1 Å². The molecule has 4 rings (SSSR count). The Morgan fingerprint density at radius 2 is 1.87 bits per heavy atom. The number of carbonyl (C=O) groups is 1. The Hall–Kier alpha value is -1.39. The van der Waals surface area contributed by atoms with E-state index >= 15 is 0 Å². The molecule has 0 unspecified atom stereocenters. The molecule has 1 amide bonds. The average molecular weight is 313 g/mol. The zero-order chi connectivity index (χ0) is 15.8. The average Bonchev–Trinajstić information content (AvgIpc) is 3.45. The van der Waals surface area contributed by atoms with Gasteiger partial charge in [0.05, 0.1) is 0 Å². The van der Waals surface area contributed by atoms with E-state index in [1.54, 1.807) is 0 Å². The molecule has 2 saturated heterocycles. The number of piperidine rings is 2. The SMILES string of the molecule is N[C@H](C(=O)N1CC[C@@H]2[C@H](CCCN2C2CC2)C1)c1ccccc1. The molecule has 0 radical (unpaired) electrons. The Morgan fingerprint density at radius 3 is 2.61 bits per heavy atom. The van der Waals surface area contributed by atoms with Crippen LogP contribution in [-0.2, 0) is 4.79 Å². The third-order valence-corrected chi connectivity index (χ3v) is 5.86. The number of fused-ring (bicyclic) bond motifs is 1. The second kappa shape index (κ2) is 6.25. The zero-order valence-electron chi connectivity index (χ0n) is 13.7. The maximum absolute atomic E-state index is 12.8. The van der Waals surface area contributed by atoms with Gasteiger partial charge in [0.1, 0.15) is 6.04 Å². The van der Waals surface area contributed by atoms with Gasteiger partial charge >= 0.3 is 0 Å². The molecule has 3 atom stereocenters. The van der Waals surface area contributed by atoms with Gasteiger partial charge in [0.25, 0.3) is 0 Å². The normalized spacial score (nSPS) is 29.9. The van der Waals surface area contributed by atoms with Crippen molar-refractivity contribution < 1.29 is 4.79 Å². The van der Waals surface area contributed by atoms with Crippen molar-refractivity contribution in [3.63, 3.8) is 0 Å². The predicted molar refractivity (Wildman–Crippen MR) is 90.8 cm³/mol. The number of benzene rings is 1. The highest BCUT2D eigenvalue weighted by molar-refractivity contribution is 5.83. The van der Waals surface area contributed by atoms with Crippen molar-refractivity contribution in [2.24, 2.45) is 11.7 Å². The van der Waals surface area contributed by atoms with Crippen LogP contribution < -0.4 is 5.73 Å².